The van der Waals surface area contributed by atoms with Crippen LogP contribution in [0.1, 0.15) is 71.3 Å². The number of carbonyl (C=O) groups is 1. The Bertz CT molecular complexity index is 897. The molecular weight excluding hydrogens is 412 g/mol. The summed E-state index contributed by atoms with van der Waals surface area (Å²) < 4.78 is 5.76. The zero-order valence-corrected chi connectivity index (χ0v) is 20.5. The average molecular weight is 453 g/mol. The second-order valence-corrected chi connectivity index (χ2v) is 10.9. The smallest absolute Gasteiger partial charge is 0.330 e. The molecule has 1 aromatic carbocycles. The van der Waals surface area contributed by atoms with Crippen LogP contribution in [0.3, 0.4) is 0 Å². The molecule has 0 heterocycles. The summed E-state index contributed by atoms with van der Waals surface area (Å²) in [4.78, 5) is 12.5. The standard InChI is InChI=1S/C29H40O4/c1-6-21(2)8-14-25-28(4)18-7-17-27(3,24(28)16-19-29(25,5)32)20-33-26(31)15-11-22-9-12-23(30)13-10-22/h6,9-13,15,24-25,30,32H,1-2,7-8,14,16-20H2,3-5H3/b15-11+/t24-,25+,27?,28-,29-/m0/s1. The summed E-state index contributed by atoms with van der Waals surface area (Å²) in [5, 5.41) is 20.7. The second kappa shape index (κ2) is 9.89. The van der Waals surface area contributed by atoms with Crippen molar-refractivity contribution >= 4 is 12.0 Å². The highest BCUT2D eigenvalue weighted by Crippen LogP contribution is 2.63. The van der Waals surface area contributed by atoms with Crippen LogP contribution in [0.2, 0.25) is 0 Å². The van der Waals surface area contributed by atoms with Crippen molar-refractivity contribution in [3.8, 4) is 5.75 Å². The number of aliphatic hydroxyl groups is 1. The molecule has 0 aliphatic heterocycles. The molecule has 2 aliphatic carbocycles. The van der Waals surface area contributed by atoms with E-state index in [1.54, 1.807) is 30.3 Å². The van der Waals surface area contributed by atoms with Gasteiger partial charge in [-0.25, -0.2) is 4.79 Å². The molecule has 2 aliphatic rings. The number of hydrogen-bond donors (Lipinski definition) is 2. The lowest BCUT2D eigenvalue weighted by atomic mass is 9.45. The van der Waals surface area contributed by atoms with E-state index in [0.717, 1.165) is 56.1 Å². The maximum absolute atomic E-state index is 12.5. The summed E-state index contributed by atoms with van der Waals surface area (Å²) in [5.41, 5.74) is 1.03. The van der Waals surface area contributed by atoms with Crippen LogP contribution >= 0.6 is 0 Å². The van der Waals surface area contributed by atoms with Crippen LogP contribution in [0.4, 0.5) is 0 Å². The topological polar surface area (TPSA) is 66.8 Å². The fourth-order valence-corrected chi connectivity index (χ4v) is 6.71. The van der Waals surface area contributed by atoms with E-state index >= 15 is 0 Å². The van der Waals surface area contributed by atoms with E-state index < -0.39 is 5.60 Å². The lowest BCUT2D eigenvalue weighted by molar-refractivity contribution is -0.185. The Morgan fingerprint density at radius 2 is 1.88 bits per heavy atom. The summed E-state index contributed by atoms with van der Waals surface area (Å²) in [6.45, 7) is 14.9. The highest BCUT2D eigenvalue weighted by molar-refractivity contribution is 5.87. The van der Waals surface area contributed by atoms with Gasteiger partial charge in [0.25, 0.3) is 0 Å². The first-order valence-corrected chi connectivity index (χ1v) is 12.2. The summed E-state index contributed by atoms with van der Waals surface area (Å²) in [6.07, 6.45) is 11.6. The van der Waals surface area contributed by atoms with Crippen molar-refractivity contribution in [3.05, 3.63) is 60.7 Å². The van der Waals surface area contributed by atoms with Crippen LogP contribution in [0.5, 0.6) is 5.75 Å². The van der Waals surface area contributed by atoms with E-state index in [4.69, 9.17) is 4.74 Å². The summed E-state index contributed by atoms with van der Waals surface area (Å²) >= 11 is 0. The van der Waals surface area contributed by atoms with E-state index in [0.29, 0.717) is 12.5 Å². The van der Waals surface area contributed by atoms with Gasteiger partial charge in [-0.3, -0.25) is 0 Å². The molecule has 3 rings (SSSR count). The molecule has 5 atom stereocenters. The number of phenolic OH excluding ortho intramolecular Hbond substituents is 1. The Morgan fingerprint density at radius 1 is 1.18 bits per heavy atom. The van der Waals surface area contributed by atoms with Gasteiger partial charge < -0.3 is 14.9 Å². The van der Waals surface area contributed by atoms with Crippen LogP contribution in [0.15, 0.2) is 55.1 Å². The van der Waals surface area contributed by atoms with E-state index in [9.17, 15) is 15.0 Å². The maximum Gasteiger partial charge on any atom is 0.330 e. The zero-order chi connectivity index (χ0) is 24.3. The summed E-state index contributed by atoms with van der Waals surface area (Å²) in [7, 11) is 0. The predicted molar refractivity (Wildman–Crippen MR) is 134 cm³/mol. The van der Waals surface area contributed by atoms with Crippen LogP contribution in [0.25, 0.3) is 6.08 Å². The van der Waals surface area contributed by atoms with Gasteiger partial charge in [-0.15, -0.1) is 0 Å². The first-order chi connectivity index (χ1) is 15.5. The molecule has 2 N–H and O–H groups in total. The molecule has 0 aromatic heterocycles. The second-order valence-electron chi connectivity index (χ2n) is 10.9. The normalized spacial score (nSPS) is 33.9. The third-order valence-electron chi connectivity index (χ3n) is 8.48. The number of fused-ring (bicyclic) bond motifs is 1. The van der Waals surface area contributed by atoms with E-state index in [2.05, 4.69) is 27.0 Å². The van der Waals surface area contributed by atoms with Gasteiger partial charge in [-0.05, 0) is 86.5 Å². The third kappa shape index (κ3) is 5.60. The van der Waals surface area contributed by atoms with Gasteiger partial charge in [0.1, 0.15) is 5.75 Å². The van der Waals surface area contributed by atoms with Gasteiger partial charge in [-0.2, -0.15) is 0 Å². The Kier molecular flexibility index (Phi) is 7.58. The van der Waals surface area contributed by atoms with Gasteiger partial charge in [0.15, 0.2) is 0 Å². The molecule has 0 spiro atoms. The Balaban J connectivity index is 1.71. The summed E-state index contributed by atoms with van der Waals surface area (Å²) in [5.74, 6) is 0.403. The largest absolute Gasteiger partial charge is 0.508 e. The van der Waals surface area contributed by atoms with E-state index in [1.165, 1.54) is 6.08 Å². The van der Waals surface area contributed by atoms with E-state index in [1.807, 2.05) is 13.0 Å². The first-order valence-electron chi connectivity index (χ1n) is 12.2. The number of allylic oxidation sites excluding steroid dienone is 2. The predicted octanol–water partition coefficient (Wildman–Crippen LogP) is 6.44. The number of phenols is 1. The highest BCUT2D eigenvalue weighted by atomic mass is 16.5. The van der Waals surface area contributed by atoms with Gasteiger partial charge in [-0.1, -0.05) is 57.2 Å². The molecule has 0 bridgehead atoms. The molecule has 180 valence electrons. The first kappa shape index (κ1) is 25.3. The number of carbonyl (C=O) groups excluding carboxylic acids is 1. The van der Waals surface area contributed by atoms with Crippen molar-refractivity contribution in [2.45, 2.75) is 71.3 Å². The van der Waals surface area contributed by atoms with Gasteiger partial charge in [0.05, 0.1) is 12.2 Å². The molecule has 0 radical (unpaired) electrons. The third-order valence-corrected chi connectivity index (χ3v) is 8.48. The highest BCUT2D eigenvalue weighted by Gasteiger charge is 2.59. The number of benzene rings is 1. The molecule has 0 saturated heterocycles. The fraction of sp³-hybridized carbons (Fsp3) is 0.552. The Labute approximate surface area is 199 Å². The number of esters is 1. The van der Waals surface area contributed by atoms with Crippen molar-refractivity contribution in [1.29, 1.82) is 0 Å². The van der Waals surface area contributed by atoms with E-state index in [-0.39, 0.29) is 28.5 Å². The number of ether oxygens (including phenoxy) is 1. The van der Waals surface area contributed by atoms with Crippen LogP contribution in [-0.2, 0) is 9.53 Å². The lowest BCUT2D eigenvalue weighted by Crippen LogP contribution is -2.59. The number of rotatable bonds is 8. The maximum atomic E-state index is 12.5. The SMILES string of the molecule is C=CC(=C)CC[C@@H]1[C@@]2(C)CCCC(C)(COC(=O)/C=C/c3ccc(O)cc3)[C@@H]2CC[C@]1(C)O. The van der Waals surface area contributed by atoms with Gasteiger partial charge in [0.2, 0.25) is 0 Å². The van der Waals surface area contributed by atoms with Crippen LogP contribution in [0, 0.1) is 22.7 Å². The quantitative estimate of drug-likeness (QED) is 0.270. The van der Waals surface area contributed by atoms with Crippen molar-refractivity contribution in [3.63, 3.8) is 0 Å². The lowest BCUT2D eigenvalue weighted by Gasteiger charge is -2.61. The molecule has 2 saturated carbocycles. The Hall–Kier alpha value is -2.33. The van der Waals surface area contributed by atoms with Crippen molar-refractivity contribution in [1.82, 2.24) is 0 Å². The fourth-order valence-electron chi connectivity index (χ4n) is 6.71. The molecule has 4 heteroatoms. The van der Waals surface area contributed by atoms with Crippen LogP contribution in [-0.4, -0.2) is 28.4 Å². The van der Waals surface area contributed by atoms with Gasteiger partial charge in [0, 0.05) is 11.5 Å². The van der Waals surface area contributed by atoms with Crippen molar-refractivity contribution < 1.29 is 19.7 Å². The molecule has 1 aromatic rings. The van der Waals surface area contributed by atoms with Crippen molar-refractivity contribution in [2.75, 3.05) is 6.61 Å². The number of aromatic hydroxyl groups is 1. The molecule has 1 unspecified atom stereocenters. The monoisotopic (exact) mass is 452 g/mol. The molecule has 2 fully saturated rings. The molecule has 33 heavy (non-hydrogen) atoms. The minimum atomic E-state index is -0.700. The van der Waals surface area contributed by atoms with Crippen LogP contribution < -0.4 is 0 Å². The zero-order valence-electron chi connectivity index (χ0n) is 20.5. The minimum Gasteiger partial charge on any atom is -0.508 e. The molecule has 0 amide bonds. The van der Waals surface area contributed by atoms with Crippen molar-refractivity contribution in [2.24, 2.45) is 22.7 Å². The van der Waals surface area contributed by atoms with Gasteiger partial charge >= 0.3 is 5.97 Å². The Morgan fingerprint density at radius 3 is 2.55 bits per heavy atom. The molecular formula is C29H40O4. The summed E-state index contributed by atoms with van der Waals surface area (Å²) in [6, 6.07) is 6.69. The minimum absolute atomic E-state index is 0.00944. The average Bonchev–Trinajstić information content (AvgIpc) is 2.76. The number of hydrogen-bond acceptors (Lipinski definition) is 4. The molecule has 4 nitrogen and oxygen atoms in total.